The zero-order valence-corrected chi connectivity index (χ0v) is 16.2. The molecule has 0 aliphatic carbocycles. The molecule has 0 aliphatic rings. The first-order valence-corrected chi connectivity index (χ1v) is 9.12. The number of hydrogen-bond donors (Lipinski definition) is 2. The van der Waals surface area contributed by atoms with Gasteiger partial charge >= 0.3 is 0 Å². The number of rotatable bonds is 4. The van der Waals surface area contributed by atoms with Crippen molar-refractivity contribution in [2.45, 2.75) is 6.92 Å². The third-order valence-corrected chi connectivity index (χ3v) is 4.64. The van der Waals surface area contributed by atoms with Crippen LogP contribution < -0.4 is 10.6 Å². The second-order valence-corrected chi connectivity index (χ2v) is 6.64. The third-order valence-electron chi connectivity index (χ3n) is 4.64. The summed E-state index contributed by atoms with van der Waals surface area (Å²) in [6.45, 7) is 5.35. The average Bonchev–Trinajstić information content (AvgIpc) is 3.19. The number of nitrogen functional groups attached to an aromatic ring is 1. The number of benzene rings is 1. The minimum atomic E-state index is -0.556. The van der Waals surface area contributed by atoms with Crippen LogP contribution >= 0.6 is 0 Å². The summed E-state index contributed by atoms with van der Waals surface area (Å²) in [5.41, 5.74) is 9.35. The van der Waals surface area contributed by atoms with Crippen molar-refractivity contribution >= 4 is 34.4 Å². The molecule has 0 fully saturated rings. The van der Waals surface area contributed by atoms with Gasteiger partial charge in [0.2, 0.25) is 0 Å². The molecule has 0 atom stereocenters. The van der Waals surface area contributed by atoms with Crippen molar-refractivity contribution in [3.63, 3.8) is 0 Å². The van der Waals surface area contributed by atoms with E-state index >= 15 is 0 Å². The number of H-pyrrole nitrogens is 1. The van der Waals surface area contributed by atoms with Crippen LogP contribution in [0.2, 0.25) is 0 Å². The fourth-order valence-electron chi connectivity index (χ4n) is 3.15. The van der Waals surface area contributed by atoms with Crippen LogP contribution in [0.3, 0.4) is 0 Å². The van der Waals surface area contributed by atoms with Gasteiger partial charge in [0, 0.05) is 23.5 Å². The van der Waals surface area contributed by atoms with Gasteiger partial charge in [-0.05, 0) is 48.9 Å². The fourth-order valence-corrected chi connectivity index (χ4v) is 3.15. The maximum Gasteiger partial charge on any atom is 0.266 e. The molecule has 148 valence electrons. The molecule has 8 nitrogen and oxygen atoms in total. The van der Waals surface area contributed by atoms with Crippen LogP contribution in [0, 0.1) is 6.92 Å². The summed E-state index contributed by atoms with van der Waals surface area (Å²) in [5.74, 6) is -0.451. The van der Waals surface area contributed by atoms with Crippen molar-refractivity contribution in [2.24, 2.45) is 0 Å². The van der Waals surface area contributed by atoms with E-state index < -0.39 is 11.8 Å². The van der Waals surface area contributed by atoms with E-state index in [2.05, 4.69) is 26.7 Å². The summed E-state index contributed by atoms with van der Waals surface area (Å²) < 4.78 is 0. The van der Waals surface area contributed by atoms with Gasteiger partial charge < -0.3 is 5.73 Å². The van der Waals surface area contributed by atoms with Crippen LogP contribution in [0.1, 0.15) is 15.9 Å². The minimum Gasteiger partial charge on any atom is -0.383 e. The van der Waals surface area contributed by atoms with E-state index in [0.717, 1.165) is 27.6 Å². The lowest BCUT2D eigenvalue weighted by molar-refractivity contribution is -0.113. The van der Waals surface area contributed by atoms with E-state index in [1.54, 1.807) is 54.9 Å². The highest BCUT2D eigenvalue weighted by Gasteiger charge is 2.24. The van der Waals surface area contributed by atoms with E-state index in [1.165, 1.54) is 0 Å². The monoisotopic (exact) mass is 398 g/mol. The smallest absolute Gasteiger partial charge is 0.266 e. The second kappa shape index (κ2) is 7.59. The van der Waals surface area contributed by atoms with Crippen molar-refractivity contribution in [1.82, 2.24) is 20.2 Å². The molecule has 0 saturated heterocycles. The van der Waals surface area contributed by atoms with E-state index in [1.807, 2.05) is 6.92 Å². The minimum absolute atomic E-state index is 0.242. The number of amides is 2. The molecule has 30 heavy (non-hydrogen) atoms. The van der Waals surface area contributed by atoms with E-state index in [4.69, 9.17) is 5.73 Å². The molecule has 0 unspecified atom stereocenters. The van der Waals surface area contributed by atoms with Crippen molar-refractivity contribution in [1.29, 1.82) is 0 Å². The first-order valence-electron chi connectivity index (χ1n) is 9.12. The Balaban J connectivity index is 1.71. The Kier molecular flexibility index (Phi) is 4.81. The lowest BCUT2D eigenvalue weighted by Crippen LogP contribution is -2.36. The summed E-state index contributed by atoms with van der Waals surface area (Å²) in [4.78, 5) is 34.7. The number of aryl methyl sites for hydroxylation is 1. The Morgan fingerprint density at radius 2 is 1.83 bits per heavy atom. The van der Waals surface area contributed by atoms with Crippen LogP contribution in [0.5, 0.6) is 0 Å². The molecule has 3 N–H and O–H groups in total. The number of aromatic amines is 1. The molecule has 0 saturated carbocycles. The van der Waals surface area contributed by atoms with Crippen LogP contribution in [-0.4, -0.2) is 32.0 Å². The van der Waals surface area contributed by atoms with Crippen molar-refractivity contribution in [3.8, 4) is 11.3 Å². The van der Waals surface area contributed by atoms with Gasteiger partial charge in [0.15, 0.2) is 0 Å². The molecule has 3 aromatic heterocycles. The first kappa shape index (κ1) is 19.0. The van der Waals surface area contributed by atoms with Crippen molar-refractivity contribution < 1.29 is 9.59 Å². The number of aromatic nitrogens is 4. The highest BCUT2D eigenvalue weighted by Crippen LogP contribution is 2.29. The topological polar surface area (TPSA) is 118 Å². The van der Waals surface area contributed by atoms with Gasteiger partial charge in [-0.2, -0.15) is 5.10 Å². The van der Waals surface area contributed by atoms with E-state index in [9.17, 15) is 9.59 Å². The van der Waals surface area contributed by atoms with Crippen molar-refractivity contribution in [2.75, 3.05) is 10.6 Å². The van der Waals surface area contributed by atoms with Crippen molar-refractivity contribution in [3.05, 3.63) is 78.6 Å². The average molecular weight is 398 g/mol. The SMILES string of the molecule is C=CC(=O)N(C(=O)c1ccc(-c2n[nH]c3ccnc(N)c23)cc1)c1cc(C)ccn1. The number of carbonyl (C=O) groups excluding carboxylic acids is 2. The lowest BCUT2D eigenvalue weighted by Gasteiger charge is -2.18. The summed E-state index contributed by atoms with van der Waals surface area (Å²) in [6.07, 6.45) is 4.24. The molecule has 2 amide bonds. The molecule has 4 rings (SSSR count). The number of nitrogens with two attached hydrogens (primary N) is 1. The maximum atomic E-state index is 13.1. The zero-order valence-electron chi connectivity index (χ0n) is 16.2. The van der Waals surface area contributed by atoms with Crippen LogP contribution in [0.4, 0.5) is 11.6 Å². The fraction of sp³-hybridized carbons (Fsp3) is 0.0455. The van der Waals surface area contributed by atoms with Gasteiger partial charge in [0.1, 0.15) is 17.3 Å². The predicted molar refractivity (Wildman–Crippen MR) is 115 cm³/mol. The number of fused-ring (bicyclic) bond motifs is 1. The summed E-state index contributed by atoms with van der Waals surface area (Å²) in [7, 11) is 0. The zero-order chi connectivity index (χ0) is 21.3. The molecular weight excluding hydrogens is 380 g/mol. The number of imide groups is 1. The molecule has 4 aromatic rings. The quantitative estimate of drug-likeness (QED) is 0.510. The third kappa shape index (κ3) is 3.30. The molecule has 0 radical (unpaired) electrons. The van der Waals surface area contributed by atoms with Crippen LogP contribution in [0.25, 0.3) is 22.2 Å². The molecule has 1 aromatic carbocycles. The molecule has 0 spiro atoms. The maximum absolute atomic E-state index is 13.1. The van der Waals surface area contributed by atoms with Gasteiger partial charge in [-0.3, -0.25) is 14.7 Å². The predicted octanol–water partition coefficient (Wildman–Crippen LogP) is 3.27. The van der Waals surface area contributed by atoms with Gasteiger partial charge in [0.25, 0.3) is 11.8 Å². The van der Waals surface area contributed by atoms with Crippen LogP contribution in [-0.2, 0) is 4.79 Å². The Hall–Kier alpha value is -4.33. The summed E-state index contributed by atoms with van der Waals surface area (Å²) in [5, 5.41) is 7.95. The highest BCUT2D eigenvalue weighted by molar-refractivity contribution is 6.23. The lowest BCUT2D eigenvalue weighted by atomic mass is 10.1. The Labute approximate surface area is 172 Å². The number of anilines is 2. The van der Waals surface area contributed by atoms with E-state index in [-0.39, 0.29) is 5.82 Å². The standard InChI is InChI=1S/C22H18N6O2/c1-3-18(29)28(17-12-13(2)8-10-24-17)22(30)15-6-4-14(5-7-15)20-19-16(26-27-20)9-11-25-21(19)23/h3-12H,1H2,2H3,(H2,23,25)(H,26,27). The molecule has 8 heteroatoms. The largest absolute Gasteiger partial charge is 0.383 e. The molecule has 0 aliphatic heterocycles. The highest BCUT2D eigenvalue weighted by atomic mass is 16.2. The number of pyridine rings is 2. The number of carbonyl (C=O) groups is 2. The number of hydrogen-bond acceptors (Lipinski definition) is 6. The Morgan fingerprint density at radius 3 is 2.53 bits per heavy atom. The van der Waals surface area contributed by atoms with Gasteiger partial charge in [-0.25, -0.2) is 14.9 Å². The second-order valence-electron chi connectivity index (χ2n) is 6.64. The molecular formula is C22H18N6O2. The summed E-state index contributed by atoms with van der Waals surface area (Å²) in [6, 6.07) is 12.0. The molecule has 3 heterocycles. The number of nitrogens with one attached hydrogen (secondary N) is 1. The van der Waals surface area contributed by atoms with Gasteiger partial charge in [-0.15, -0.1) is 0 Å². The normalized spacial score (nSPS) is 10.7. The van der Waals surface area contributed by atoms with Gasteiger partial charge in [-0.1, -0.05) is 18.7 Å². The summed E-state index contributed by atoms with van der Waals surface area (Å²) >= 11 is 0. The Morgan fingerprint density at radius 1 is 1.10 bits per heavy atom. The molecule has 0 bridgehead atoms. The van der Waals surface area contributed by atoms with E-state index in [0.29, 0.717) is 22.5 Å². The first-order chi connectivity index (χ1) is 14.5. The van der Waals surface area contributed by atoms with Crippen LogP contribution in [0.15, 0.2) is 67.5 Å². The van der Waals surface area contributed by atoms with Gasteiger partial charge in [0.05, 0.1) is 10.9 Å². The number of nitrogens with zero attached hydrogens (tertiary/aromatic N) is 4. The Bertz CT molecular complexity index is 1280.